The number of hydrogen-bond donors (Lipinski definition) is 2. The number of carbonyl (C=O) groups excluding carboxylic acids is 1. The first-order valence-electron chi connectivity index (χ1n) is 12.4. The Bertz CT molecular complexity index is 1430. The molecule has 0 amide bonds. The van der Waals surface area contributed by atoms with Crippen molar-refractivity contribution in [3.63, 3.8) is 0 Å². The fourth-order valence-electron chi connectivity index (χ4n) is 4.33. The Kier molecular flexibility index (Phi) is 9.57. The lowest BCUT2D eigenvalue weighted by Crippen LogP contribution is -2.50. The Balaban J connectivity index is 0.000000322. The van der Waals surface area contributed by atoms with Crippen LogP contribution in [0.1, 0.15) is 41.0 Å². The van der Waals surface area contributed by atoms with Gasteiger partial charge in [0.2, 0.25) is 5.60 Å². The van der Waals surface area contributed by atoms with Crippen LogP contribution in [0, 0.1) is 12.7 Å². The highest BCUT2D eigenvalue weighted by Gasteiger charge is 2.56. The number of rotatable bonds is 7. The summed E-state index contributed by atoms with van der Waals surface area (Å²) in [6.45, 7) is 4.63. The number of carbonyl (C=O) groups is 1. The Morgan fingerprint density at radius 2 is 1.80 bits per heavy atom. The van der Waals surface area contributed by atoms with Crippen molar-refractivity contribution < 1.29 is 41.7 Å². The molecule has 12 heteroatoms. The molecule has 222 valence electrons. The van der Waals surface area contributed by atoms with E-state index in [4.69, 9.17) is 25.8 Å². The molecule has 1 aliphatic rings. The average molecular weight is 599 g/mol. The molecule has 1 aliphatic heterocycles. The van der Waals surface area contributed by atoms with Gasteiger partial charge in [-0.25, -0.2) is 9.37 Å². The zero-order chi connectivity index (χ0) is 30.8. The van der Waals surface area contributed by atoms with Crippen molar-refractivity contribution in [3.8, 4) is 28.5 Å². The summed E-state index contributed by atoms with van der Waals surface area (Å²) in [6.07, 6.45) is -4.21. The van der Waals surface area contributed by atoms with E-state index < -0.39 is 35.2 Å². The van der Waals surface area contributed by atoms with E-state index in [0.29, 0.717) is 39.5 Å². The van der Waals surface area contributed by atoms with Crippen molar-refractivity contribution in [2.45, 2.75) is 38.0 Å². The number of ether oxygens (including phenoxy) is 3. The normalized spacial score (nSPS) is 15.1. The third-order valence-electron chi connectivity index (χ3n) is 6.74. The molecule has 1 aromatic heterocycles. The zero-order valence-corrected chi connectivity index (χ0v) is 24.1. The van der Waals surface area contributed by atoms with Gasteiger partial charge in [-0.3, -0.25) is 4.79 Å². The summed E-state index contributed by atoms with van der Waals surface area (Å²) in [5.41, 5.74) is -2.60. The van der Waals surface area contributed by atoms with Gasteiger partial charge in [-0.15, -0.1) is 0 Å². The number of fused-ring (bicyclic) bond motifs is 1. The largest absolute Gasteiger partial charge is 0.493 e. The summed E-state index contributed by atoms with van der Waals surface area (Å²) in [7, 11) is 4.40. The van der Waals surface area contributed by atoms with Crippen LogP contribution in [0.4, 0.5) is 17.6 Å². The minimum Gasteiger partial charge on any atom is -0.493 e. The van der Waals surface area contributed by atoms with Gasteiger partial charge in [-0.2, -0.15) is 13.2 Å². The van der Waals surface area contributed by atoms with E-state index in [1.807, 2.05) is 13.8 Å². The lowest BCUT2D eigenvalue weighted by atomic mass is 9.84. The summed E-state index contributed by atoms with van der Waals surface area (Å²) in [6, 6.07) is 8.75. The van der Waals surface area contributed by atoms with Gasteiger partial charge in [-0.1, -0.05) is 25.4 Å². The van der Waals surface area contributed by atoms with Crippen LogP contribution in [0.25, 0.3) is 11.3 Å². The monoisotopic (exact) mass is 598 g/mol. The zero-order valence-electron chi connectivity index (χ0n) is 23.4. The highest BCUT2D eigenvalue weighted by molar-refractivity contribution is 6.31. The lowest BCUT2D eigenvalue weighted by molar-refractivity contribution is -0.265. The van der Waals surface area contributed by atoms with Crippen molar-refractivity contribution in [2.24, 2.45) is 0 Å². The molecule has 0 bridgehead atoms. The number of alkyl halides is 3. The molecule has 0 radical (unpaired) electrons. The van der Waals surface area contributed by atoms with Crippen LogP contribution < -0.4 is 19.5 Å². The molecule has 0 fully saturated rings. The predicted octanol–water partition coefficient (Wildman–Crippen LogP) is 6.01. The maximum atomic E-state index is 13.8. The van der Waals surface area contributed by atoms with Crippen molar-refractivity contribution in [1.29, 1.82) is 0 Å². The molecule has 0 spiro atoms. The second-order valence-electron chi connectivity index (χ2n) is 10.1. The Hall–Kier alpha value is -3.41. The SMILES string of the molecule is CNCC(O)(c1cc2c(c(-c3ccc(F)c(Cl)c3C)n1)OCC2(C)C)C(F)(F)F.COc1ccc(C=O)cc1OC. The van der Waals surface area contributed by atoms with Crippen LogP contribution in [0.2, 0.25) is 5.02 Å². The fraction of sp³-hybridized carbons (Fsp3) is 0.379. The molecule has 0 saturated carbocycles. The number of pyridine rings is 1. The fourth-order valence-corrected chi connectivity index (χ4v) is 4.50. The number of hydrogen-bond acceptors (Lipinski definition) is 7. The van der Waals surface area contributed by atoms with Gasteiger partial charge >= 0.3 is 6.18 Å². The van der Waals surface area contributed by atoms with Gasteiger partial charge in [0.1, 0.15) is 23.5 Å². The van der Waals surface area contributed by atoms with Crippen LogP contribution in [-0.4, -0.2) is 57.0 Å². The van der Waals surface area contributed by atoms with Crippen molar-refractivity contribution in [2.75, 3.05) is 34.4 Å². The van der Waals surface area contributed by atoms with Crippen molar-refractivity contribution in [1.82, 2.24) is 10.3 Å². The van der Waals surface area contributed by atoms with Crippen LogP contribution in [0.3, 0.4) is 0 Å². The van der Waals surface area contributed by atoms with E-state index in [9.17, 15) is 27.5 Å². The molecule has 3 aromatic rings. The van der Waals surface area contributed by atoms with E-state index in [2.05, 4.69) is 10.3 Å². The number of aromatic nitrogens is 1. The number of aldehydes is 1. The highest BCUT2D eigenvalue weighted by Crippen LogP contribution is 2.48. The average Bonchev–Trinajstić information content (AvgIpc) is 3.25. The topological polar surface area (TPSA) is 89.9 Å². The van der Waals surface area contributed by atoms with E-state index in [-0.39, 0.29) is 17.3 Å². The molecule has 1 atom stereocenters. The van der Waals surface area contributed by atoms with Gasteiger partial charge < -0.3 is 24.6 Å². The number of benzene rings is 2. The summed E-state index contributed by atoms with van der Waals surface area (Å²) in [5, 5.41) is 12.8. The molecule has 41 heavy (non-hydrogen) atoms. The molecule has 4 rings (SSSR count). The molecule has 2 heterocycles. The number of nitrogens with one attached hydrogen (secondary N) is 1. The molecule has 0 aliphatic carbocycles. The number of methoxy groups -OCH3 is 2. The first kappa shape index (κ1) is 32.1. The van der Waals surface area contributed by atoms with Crippen LogP contribution in [0.5, 0.6) is 17.2 Å². The first-order valence-corrected chi connectivity index (χ1v) is 12.8. The quantitative estimate of drug-likeness (QED) is 0.254. The van der Waals surface area contributed by atoms with Crippen LogP contribution in [-0.2, 0) is 11.0 Å². The Labute approximate surface area is 240 Å². The van der Waals surface area contributed by atoms with Gasteiger partial charge in [-0.05, 0) is 55.9 Å². The van der Waals surface area contributed by atoms with E-state index >= 15 is 0 Å². The molecular formula is C29H31ClF4N2O5. The molecule has 7 nitrogen and oxygen atoms in total. The van der Waals surface area contributed by atoms with Gasteiger partial charge in [0.25, 0.3) is 0 Å². The van der Waals surface area contributed by atoms with E-state index in [0.717, 1.165) is 12.4 Å². The van der Waals surface area contributed by atoms with Gasteiger partial charge in [0.15, 0.2) is 11.5 Å². The van der Waals surface area contributed by atoms with Gasteiger partial charge in [0.05, 0.1) is 31.5 Å². The summed E-state index contributed by atoms with van der Waals surface area (Å²) in [4.78, 5) is 14.5. The number of likely N-dealkylation sites (N-methyl/N-ethyl adjacent to an activating group) is 1. The van der Waals surface area contributed by atoms with Crippen molar-refractivity contribution >= 4 is 17.9 Å². The molecular weight excluding hydrogens is 568 g/mol. The lowest BCUT2D eigenvalue weighted by Gasteiger charge is -2.31. The smallest absolute Gasteiger partial charge is 0.424 e. The standard InChI is InChI=1S/C20H21ClF4N2O2.C9H10O3/c1-10-11(5-6-13(22)15(10)21)16-17-12(18(2,3)9-29-17)7-14(27-16)19(28,8-26-4)20(23,24)25;1-11-8-4-3-7(6-10)5-9(8)12-2/h5-7,26,28H,8-9H2,1-4H3;3-6H,1-2H3. The third-order valence-corrected chi connectivity index (χ3v) is 7.21. The minimum atomic E-state index is -4.98. The summed E-state index contributed by atoms with van der Waals surface area (Å²) >= 11 is 6.01. The number of halogens is 5. The highest BCUT2D eigenvalue weighted by atomic mass is 35.5. The first-order chi connectivity index (χ1) is 19.1. The van der Waals surface area contributed by atoms with E-state index in [1.54, 1.807) is 32.2 Å². The van der Waals surface area contributed by atoms with Crippen LogP contribution >= 0.6 is 11.6 Å². The Morgan fingerprint density at radius 1 is 1.15 bits per heavy atom. The van der Waals surface area contributed by atoms with E-state index in [1.165, 1.54) is 26.3 Å². The molecule has 2 aromatic carbocycles. The molecule has 1 unspecified atom stereocenters. The third kappa shape index (κ3) is 6.27. The number of aliphatic hydroxyl groups is 1. The summed E-state index contributed by atoms with van der Waals surface area (Å²) < 4.78 is 71.0. The minimum absolute atomic E-state index is 0.0845. The maximum absolute atomic E-state index is 13.8. The van der Waals surface area contributed by atoms with Gasteiger partial charge in [0, 0.05) is 28.7 Å². The number of nitrogens with zero attached hydrogens (tertiary/aromatic N) is 1. The predicted molar refractivity (Wildman–Crippen MR) is 147 cm³/mol. The second kappa shape index (κ2) is 12.2. The second-order valence-corrected chi connectivity index (χ2v) is 10.4. The van der Waals surface area contributed by atoms with Crippen molar-refractivity contribution in [3.05, 3.63) is 69.6 Å². The Morgan fingerprint density at radius 3 is 2.37 bits per heavy atom. The maximum Gasteiger partial charge on any atom is 0.424 e. The molecule has 0 saturated heterocycles. The molecule has 2 N–H and O–H groups in total. The van der Waals surface area contributed by atoms with Crippen LogP contribution in [0.15, 0.2) is 36.4 Å². The summed E-state index contributed by atoms with van der Waals surface area (Å²) in [5.74, 6) is 0.854.